The van der Waals surface area contributed by atoms with E-state index in [1.807, 2.05) is 0 Å². The van der Waals surface area contributed by atoms with Crippen LogP contribution in [0.1, 0.15) is 25.3 Å². The molecule has 4 rings (SSSR count). The maximum Gasteiger partial charge on any atom is 0.573 e. The van der Waals surface area contributed by atoms with Crippen LogP contribution in [0.3, 0.4) is 0 Å². The lowest BCUT2D eigenvalue weighted by Crippen LogP contribution is -2.60. The molecule has 0 radical (unpaired) electrons. The minimum atomic E-state index is -4.79. The van der Waals surface area contributed by atoms with Crippen LogP contribution in [0.15, 0.2) is 54.9 Å². The van der Waals surface area contributed by atoms with Crippen LogP contribution in [0.5, 0.6) is 5.75 Å². The molecule has 1 fully saturated rings. The molecule has 0 unspecified atom stereocenters. The number of ether oxygens (including phenoxy) is 5. The second-order valence-corrected chi connectivity index (χ2v) is 9.99. The highest BCUT2D eigenvalue weighted by Crippen LogP contribution is 2.29. The molecular formula is C29H33F3N4O9. The highest BCUT2D eigenvalue weighted by Gasteiger charge is 2.47. The summed E-state index contributed by atoms with van der Waals surface area (Å²) in [6.07, 6.45) is -7.47. The Morgan fingerprint density at radius 3 is 2.18 bits per heavy atom. The van der Waals surface area contributed by atoms with Gasteiger partial charge >= 0.3 is 12.3 Å². The fraction of sp³-hybridized carbons (Fsp3) is 0.448. The fourth-order valence-electron chi connectivity index (χ4n) is 4.79. The number of carbonyl (C=O) groups excluding carboxylic acids is 1. The molecule has 1 amide bonds. The number of hydroxylamine groups is 2. The first-order valence-electron chi connectivity index (χ1n) is 13.7. The zero-order valence-electron chi connectivity index (χ0n) is 24.8. The SMILES string of the molecule is CO[C@@H]1[C@@H](OC)[C@H](C)O[C@@H](ON(Cc2ccc(-c3ncn(-c4ccc(OC(F)(F)F)cc4)n3)cc2)C(=O)CCC(=O)O)[C@@H]1OC. The van der Waals surface area contributed by atoms with Gasteiger partial charge in [0.25, 0.3) is 0 Å². The van der Waals surface area contributed by atoms with Crippen molar-refractivity contribution in [2.45, 2.75) is 63.4 Å². The number of carboxylic acids is 1. The molecule has 1 saturated heterocycles. The summed E-state index contributed by atoms with van der Waals surface area (Å²) in [5.41, 5.74) is 1.73. The predicted octanol–water partition coefficient (Wildman–Crippen LogP) is 3.75. The van der Waals surface area contributed by atoms with Gasteiger partial charge in [0, 0.05) is 33.3 Å². The Bertz CT molecular complexity index is 1420. The Balaban J connectivity index is 1.49. The third-order valence-electron chi connectivity index (χ3n) is 6.97. The number of carboxylic acid groups (broad SMARTS) is 1. The van der Waals surface area contributed by atoms with Crippen LogP contribution in [0.25, 0.3) is 17.1 Å². The molecule has 1 aliphatic rings. The summed E-state index contributed by atoms with van der Waals surface area (Å²) in [4.78, 5) is 34.5. The Morgan fingerprint density at radius 2 is 1.60 bits per heavy atom. The molecule has 2 heterocycles. The molecule has 2 aromatic carbocycles. The predicted molar refractivity (Wildman–Crippen MR) is 149 cm³/mol. The van der Waals surface area contributed by atoms with Crippen molar-refractivity contribution in [2.24, 2.45) is 0 Å². The first-order valence-corrected chi connectivity index (χ1v) is 13.7. The third kappa shape index (κ3) is 8.76. The average molecular weight is 639 g/mol. The van der Waals surface area contributed by atoms with Gasteiger partial charge in [-0.15, -0.1) is 18.3 Å². The molecule has 0 spiro atoms. The molecule has 1 aliphatic heterocycles. The maximum atomic E-state index is 13.1. The van der Waals surface area contributed by atoms with Gasteiger partial charge in [-0.05, 0) is 36.8 Å². The lowest BCUT2D eigenvalue weighted by molar-refractivity contribution is -0.357. The summed E-state index contributed by atoms with van der Waals surface area (Å²) in [5, 5.41) is 14.5. The molecule has 1 aromatic heterocycles. The van der Waals surface area contributed by atoms with Gasteiger partial charge in [-0.3, -0.25) is 9.59 Å². The molecule has 0 bridgehead atoms. The van der Waals surface area contributed by atoms with Gasteiger partial charge in [0.05, 0.1) is 24.8 Å². The second-order valence-electron chi connectivity index (χ2n) is 9.99. The van der Waals surface area contributed by atoms with E-state index in [0.717, 1.165) is 5.06 Å². The molecule has 5 atom stereocenters. The number of halogens is 3. The summed E-state index contributed by atoms with van der Waals surface area (Å²) in [5.74, 6) is -1.73. The highest BCUT2D eigenvalue weighted by atomic mass is 19.4. The lowest BCUT2D eigenvalue weighted by Gasteiger charge is -2.44. The van der Waals surface area contributed by atoms with Crippen molar-refractivity contribution >= 4 is 11.9 Å². The summed E-state index contributed by atoms with van der Waals surface area (Å²) < 4.78 is 65.3. The number of alkyl halides is 3. The molecular weight excluding hydrogens is 605 g/mol. The number of aromatic nitrogens is 3. The van der Waals surface area contributed by atoms with E-state index in [1.165, 1.54) is 56.6 Å². The Labute approximate surface area is 256 Å². The molecule has 0 saturated carbocycles. The zero-order valence-corrected chi connectivity index (χ0v) is 24.8. The Morgan fingerprint density at radius 1 is 0.956 bits per heavy atom. The number of hydrogen-bond donors (Lipinski definition) is 1. The van der Waals surface area contributed by atoms with Crippen molar-refractivity contribution in [1.29, 1.82) is 0 Å². The molecule has 13 nitrogen and oxygen atoms in total. The van der Waals surface area contributed by atoms with E-state index in [4.69, 9.17) is 28.9 Å². The number of benzene rings is 2. The van der Waals surface area contributed by atoms with E-state index in [0.29, 0.717) is 22.6 Å². The Kier molecular flexibility index (Phi) is 11.1. The van der Waals surface area contributed by atoms with E-state index >= 15 is 0 Å². The monoisotopic (exact) mass is 638 g/mol. The number of rotatable bonds is 13. The first-order chi connectivity index (χ1) is 21.4. The van der Waals surface area contributed by atoms with E-state index < -0.39 is 55.4 Å². The van der Waals surface area contributed by atoms with E-state index in [9.17, 15) is 22.8 Å². The number of amides is 1. The van der Waals surface area contributed by atoms with Crippen molar-refractivity contribution < 1.29 is 56.4 Å². The van der Waals surface area contributed by atoms with Crippen LogP contribution in [-0.4, -0.2) is 95.2 Å². The van der Waals surface area contributed by atoms with Crippen LogP contribution in [-0.2, 0) is 39.9 Å². The standard InChI is InChI=1S/C29H33F3N4O9/c1-17-24(40-2)25(41-3)26(42-4)28(43-17)45-36(22(37)13-14-23(38)39)15-18-5-7-19(8-6-18)27-33-16-35(34-27)20-9-11-21(12-10-20)44-29(30,31)32/h5-12,16-17,24-26,28H,13-15H2,1-4H3,(H,38,39)/t17-,24-,25+,26+,28-/m0/s1. The van der Waals surface area contributed by atoms with Crippen molar-refractivity contribution in [1.82, 2.24) is 19.8 Å². The van der Waals surface area contributed by atoms with Gasteiger partial charge in [0.1, 0.15) is 30.4 Å². The number of aliphatic carboxylic acids is 1. The van der Waals surface area contributed by atoms with Gasteiger partial charge in [-0.25, -0.2) is 19.6 Å². The smallest absolute Gasteiger partial charge is 0.481 e. The molecule has 45 heavy (non-hydrogen) atoms. The highest BCUT2D eigenvalue weighted by molar-refractivity contribution is 5.80. The van der Waals surface area contributed by atoms with Gasteiger partial charge < -0.3 is 28.8 Å². The van der Waals surface area contributed by atoms with Crippen molar-refractivity contribution in [3.05, 3.63) is 60.4 Å². The minimum absolute atomic E-state index is 0.0526. The number of hydrogen-bond acceptors (Lipinski definition) is 10. The number of nitrogens with zero attached hydrogens (tertiary/aromatic N) is 4. The average Bonchev–Trinajstić information content (AvgIpc) is 3.49. The van der Waals surface area contributed by atoms with Gasteiger partial charge in [-0.2, -0.15) is 0 Å². The van der Waals surface area contributed by atoms with Crippen LogP contribution in [0, 0.1) is 0 Å². The summed E-state index contributed by atoms with van der Waals surface area (Å²) >= 11 is 0. The first kappa shape index (κ1) is 33.8. The Hall–Kier alpha value is -4.09. The quantitative estimate of drug-likeness (QED) is 0.274. The van der Waals surface area contributed by atoms with Gasteiger partial charge in [0.2, 0.25) is 12.2 Å². The van der Waals surface area contributed by atoms with E-state index in [2.05, 4.69) is 14.8 Å². The van der Waals surface area contributed by atoms with Crippen LogP contribution >= 0.6 is 0 Å². The largest absolute Gasteiger partial charge is 0.573 e. The minimum Gasteiger partial charge on any atom is -0.481 e. The maximum absolute atomic E-state index is 13.1. The fourth-order valence-corrected chi connectivity index (χ4v) is 4.79. The normalized spacial score (nSPS) is 21.8. The lowest BCUT2D eigenvalue weighted by atomic mass is 9.99. The van der Waals surface area contributed by atoms with Gasteiger partial charge in [0.15, 0.2) is 5.82 Å². The van der Waals surface area contributed by atoms with Crippen LogP contribution in [0.4, 0.5) is 13.2 Å². The summed E-state index contributed by atoms with van der Waals surface area (Å²) in [7, 11) is 4.46. The third-order valence-corrected chi connectivity index (χ3v) is 6.97. The van der Waals surface area contributed by atoms with Gasteiger partial charge in [-0.1, -0.05) is 24.3 Å². The molecule has 244 valence electrons. The molecule has 1 N–H and O–H groups in total. The number of carbonyl (C=O) groups is 2. The summed E-state index contributed by atoms with van der Waals surface area (Å²) in [6, 6.07) is 12.0. The molecule has 3 aromatic rings. The van der Waals surface area contributed by atoms with E-state index in [-0.39, 0.29) is 18.7 Å². The van der Waals surface area contributed by atoms with Crippen molar-refractivity contribution in [3.63, 3.8) is 0 Å². The van der Waals surface area contributed by atoms with Crippen molar-refractivity contribution in [2.75, 3.05) is 21.3 Å². The van der Waals surface area contributed by atoms with E-state index in [1.54, 1.807) is 31.2 Å². The van der Waals surface area contributed by atoms with Crippen molar-refractivity contribution in [3.8, 4) is 22.8 Å². The summed E-state index contributed by atoms with van der Waals surface area (Å²) in [6.45, 7) is 1.72. The molecule has 0 aliphatic carbocycles. The van der Waals surface area contributed by atoms with Crippen LogP contribution in [0.2, 0.25) is 0 Å². The molecule has 16 heteroatoms. The zero-order chi connectivity index (χ0) is 32.7. The second kappa shape index (κ2) is 14.8. The van der Waals surface area contributed by atoms with Crippen LogP contribution < -0.4 is 4.74 Å². The number of methoxy groups -OCH3 is 3. The topological polar surface area (TPSA) is 144 Å².